The van der Waals surface area contributed by atoms with Crippen LogP contribution in [0.2, 0.25) is 0 Å². The van der Waals surface area contributed by atoms with Crippen molar-refractivity contribution in [1.29, 1.82) is 0 Å². The fourth-order valence-corrected chi connectivity index (χ4v) is 4.16. The average molecular weight is 519 g/mol. The number of halogens is 3. The van der Waals surface area contributed by atoms with Gasteiger partial charge in [0.2, 0.25) is 0 Å². The molecule has 0 aliphatic heterocycles. The summed E-state index contributed by atoms with van der Waals surface area (Å²) in [6.07, 6.45) is 4.44. The standard InChI is InChI=1S/C18H20F2IN5OS/c1-18(2,3)14(4-5-27)24-16-13(20)8-22-15(25-16)12-9-26(28-21)17-11(12)6-10(19)7-23-17/h6-9,14,27H,4-5H2,1-3H3,(H,22,24,25). The van der Waals surface area contributed by atoms with Crippen LogP contribution in [0.5, 0.6) is 0 Å². The Hall–Kier alpha value is -1.53. The molecule has 0 fully saturated rings. The number of aliphatic hydroxyl groups excluding tert-OH is 1. The molecule has 1 atom stereocenters. The normalized spacial score (nSPS) is 13.1. The predicted molar refractivity (Wildman–Crippen MR) is 116 cm³/mol. The van der Waals surface area contributed by atoms with Crippen molar-refractivity contribution in [3.05, 3.63) is 36.3 Å². The van der Waals surface area contributed by atoms with Crippen molar-refractivity contribution < 1.29 is 13.9 Å². The molecule has 0 amide bonds. The van der Waals surface area contributed by atoms with E-state index in [1.807, 2.05) is 20.8 Å². The Kier molecular flexibility index (Phi) is 6.40. The highest BCUT2D eigenvalue weighted by molar-refractivity contribution is 14.2. The fourth-order valence-electron chi connectivity index (χ4n) is 2.90. The number of pyridine rings is 1. The molecule has 0 aliphatic carbocycles. The van der Waals surface area contributed by atoms with Gasteiger partial charge in [-0.25, -0.2) is 23.7 Å². The van der Waals surface area contributed by atoms with Gasteiger partial charge in [0.1, 0.15) is 5.82 Å². The quantitative estimate of drug-likeness (QED) is 0.455. The molecule has 150 valence electrons. The third-order valence-electron chi connectivity index (χ3n) is 4.41. The third kappa shape index (κ3) is 4.38. The van der Waals surface area contributed by atoms with Crippen molar-refractivity contribution in [2.75, 3.05) is 11.9 Å². The highest BCUT2D eigenvalue weighted by atomic mass is 127. The summed E-state index contributed by atoms with van der Waals surface area (Å²) in [5.74, 6) is -0.749. The fraction of sp³-hybridized carbons (Fsp3) is 0.389. The molecule has 1 unspecified atom stereocenters. The van der Waals surface area contributed by atoms with Gasteiger partial charge in [0.15, 0.2) is 23.1 Å². The molecule has 0 spiro atoms. The maximum absolute atomic E-state index is 14.4. The van der Waals surface area contributed by atoms with Crippen LogP contribution >= 0.6 is 30.3 Å². The molecule has 28 heavy (non-hydrogen) atoms. The molecule has 3 rings (SSSR count). The monoisotopic (exact) mass is 519 g/mol. The zero-order chi connectivity index (χ0) is 20.5. The van der Waals surface area contributed by atoms with Crippen LogP contribution in [0.3, 0.4) is 0 Å². The first-order valence-corrected chi connectivity index (χ1v) is 11.9. The lowest BCUT2D eigenvalue weighted by Gasteiger charge is -2.31. The molecular weight excluding hydrogens is 499 g/mol. The van der Waals surface area contributed by atoms with Gasteiger partial charge in [-0.1, -0.05) is 20.8 Å². The van der Waals surface area contributed by atoms with Crippen molar-refractivity contribution in [1.82, 2.24) is 18.9 Å². The van der Waals surface area contributed by atoms with E-state index in [9.17, 15) is 13.9 Å². The number of hydrogen-bond acceptors (Lipinski definition) is 6. The van der Waals surface area contributed by atoms with Gasteiger partial charge in [0.05, 0.1) is 12.4 Å². The van der Waals surface area contributed by atoms with Crippen molar-refractivity contribution in [3.63, 3.8) is 0 Å². The third-order valence-corrected chi connectivity index (χ3v) is 6.11. The van der Waals surface area contributed by atoms with Crippen LogP contribution in [0.1, 0.15) is 27.2 Å². The molecule has 0 aromatic carbocycles. The lowest BCUT2D eigenvalue weighted by atomic mass is 9.85. The second-order valence-corrected chi connectivity index (χ2v) is 9.14. The summed E-state index contributed by atoms with van der Waals surface area (Å²) in [5.41, 5.74) is 0.913. The number of aliphatic hydroxyl groups is 1. The minimum absolute atomic E-state index is 0.0280. The highest BCUT2D eigenvalue weighted by Crippen LogP contribution is 2.33. The van der Waals surface area contributed by atoms with Crippen molar-refractivity contribution in [2.45, 2.75) is 33.2 Å². The first-order chi connectivity index (χ1) is 13.2. The van der Waals surface area contributed by atoms with E-state index in [1.165, 1.54) is 15.2 Å². The van der Waals surface area contributed by atoms with Crippen LogP contribution in [-0.4, -0.2) is 36.7 Å². The highest BCUT2D eigenvalue weighted by Gasteiger charge is 2.26. The summed E-state index contributed by atoms with van der Waals surface area (Å²) < 4.78 is 29.9. The SMILES string of the molecule is CC(C)(C)C(CCO)Nc1nc(-c2cn(SI)c3ncc(F)cc23)ncc1F. The number of anilines is 1. The van der Waals surface area contributed by atoms with Gasteiger partial charge in [-0.3, -0.25) is 3.97 Å². The second-order valence-electron chi connectivity index (χ2n) is 7.43. The van der Waals surface area contributed by atoms with Crippen LogP contribution in [0, 0.1) is 17.0 Å². The molecule has 3 heterocycles. The van der Waals surface area contributed by atoms with Crippen LogP contribution in [0.25, 0.3) is 22.4 Å². The first-order valence-electron chi connectivity index (χ1n) is 8.60. The minimum Gasteiger partial charge on any atom is -0.396 e. The van der Waals surface area contributed by atoms with E-state index in [4.69, 9.17) is 0 Å². The summed E-state index contributed by atoms with van der Waals surface area (Å²) in [4.78, 5) is 12.6. The number of nitrogens with one attached hydrogen (secondary N) is 1. The summed E-state index contributed by atoms with van der Waals surface area (Å²) >= 11 is 2.10. The van der Waals surface area contributed by atoms with Gasteiger partial charge in [-0.15, -0.1) is 0 Å². The summed E-state index contributed by atoms with van der Waals surface area (Å²) in [7, 11) is 1.38. The molecule has 3 aromatic rings. The number of hydrogen-bond donors (Lipinski definition) is 2. The van der Waals surface area contributed by atoms with Gasteiger partial charge in [0.25, 0.3) is 0 Å². The van der Waals surface area contributed by atoms with Gasteiger partial charge < -0.3 is 10.4 Å². The minimum atomic E-state index is -0.591. The average Bonchev–Trinajstić information content (AvgIpc) is 3.00. The van der Waals surface area contributed by atoms with Crippen molar-refractivity contribution in [2.24, 2.45) is 5.41 Å². The molecule has 0 saturated carbocycles. The van der Waals surface area contributed by atoms with E-state index in [-0.39, 0.29) is 29.7 Å². The Morgan fingerprint density at radius 3 is 2.68 bits per heavy atom. The zero-order valence-electron chi connectivity index (χ0n) is 15.6. The lowest BCUT2D eigenvalue weighted by molar-refractivity contribution is 0.234. The van der Waals surface area contributed by atoms with Crippen LogP contribution < -0.4 is 5.32 Å². The molecular formula is C18H20F2IN5OS. The molecule has 0 saturated heterocycles. The molecule has 0 aliphatic rings. The zero-order valence-corrected chi connectivity index (χ0v) is 18.6. The molecule has 10 heteroatoms. The van der Waals surface area contributed by atoms with Crippen molar-refractivity contribution >= 4 is 47.2 Å². The molecule has 0 radical (unpaired) electrons. The Labute approximate surface area is 177 Å². The summed E-state index contributed by atoms with van der Waals surface area (Å²) in [5, 5.41) is 13.0. The first kappa shape index (κ1) is 21.2. The Morgan fingerprint density at radius 2 is 2.04 bits per heavy atom. The molecule has 6 nitrogen and oxygen atoms in total. The molecule has 0 bridgehead atoms. The van der Waals surface area contributed by atoms with Gasteiger partial charge in [-0.2, -0.15) is 0 Å². The van der Waals surface area contributed by atoms with Gasteiger partial charge in [0, 0.05) is 60.1 Å². The van der Waals surface area contributed by atoms with E-state index in [1.54, 1.807) is 10.2 Å². The summed E-state index contributed by atoms with van der Waals surface area (Å²) in [6, 6.07) is 1.17. The van der Waals surface area contributed by atoms with Crippen molar-refractivity contribution in [3.8, 4) is 11.4 Å². The van der Waals surface area contributed by atoms with Gasteiger partial charge >= 0.3 is 0 Å². The number of aromatic nitrogens is 4. The van der Waals surface area contributed by atoms with Crippen LogP contribution in [0.4, 0.5) is 14.6 Å². The topological polar surface area (TPSA) is 75.9 Å². The van der Waals surface area contributed by atoms with E-state index < -0.39 is 11.6 Å². The smallest absolute Gasteiger partial charge is 0.183 e. The number of fused-ring (bicyclic) bond motifs is 1. The maximum Gasteiger partial charge on any atom is 0.183 e. The van der Waals surface area contributed by atoms with Crippen LogP contribution in [-0.2, 0) is 0 Å². The number of nitrogens with zero attached hydrogens (tertiary/aromatic N) is 4. The molecule has 2 N–H and O–H groups in total. The van der Waals surface area contributed by atoms with Crippen LogP contribution in [0.15, 0.2) is 24.7 Å². The van der Waals surface area contributed by atoms with E-state index in [2.05, 4.69) is 41.5 Å². The molecule has 3 aromatic heterocycles. The Morgan fingerprint density at radius 1 is 1.29 bits per heavy atom. The summed E-state index contributed by atoms with van der Waals surface area (Å²) in [6.45, 7) is 5.97. The van der Waals surface area contributed by atoms with E-state index in [0.717, 1.165) is 12.4 Å². The van der Waals surface area contributed by atoms with E-state index >= 15 is 0 Å². The van der Waals surface area contributed by atoms with E-state index in [0.29, 0.717) is 23.0 Å². The Bertz CT molecular complexity index is 992. The largest absolute Gasteiger partial charge is 0.396 e. The second kappa shape index (κ2) is 8.46. The predicted octanol–water partition coefficient (Wildman–Crippen LogP) is 4.83. The lowest BCUT2D eigenvalue weighted by Crippen LogP contribution is -2.35. The van der Waals surface area contributed by atoms with Gasteiger partial charge in [-0.05, 0) is 17.9 Å². The Balaban J connectivity index is 2.07. The maximum atomic E-state index is 14.4. The number of rotatable bonds is 6.